The topological polar surface area (TPSA) is 12.9 Å². The van der Waals surface area contributed by atoms with E-state index in [9.17, 15) is 0 Å². The minimum absolute atomic E-state index is 1.06. The predicted molar refractivity (Wildman–Crippen MR) is 77.6 cm³/mol. The smallest absolute Gasteiger partial charge is 0.0702 e. The molecule has 0 unspecified atom stereocenters. The zero-order chi connectivity index (χ0) is 12.8. The molecule has 0 saturated carbocycles. The maximum absolute atomic E-state index is 4.45. The number of benzene rings is 1. The van der Waals surface area contributed by atoms with Crippen LogP contribution < -0.4 is 0 Å². The lowest BCUT2D eigenvalue weighted by molar-refractivity contribution is 0.717. The van der Waals surface area contributed by atoms with Gasteiger partial charge in [-0.25, -0.2) is 0 Å². The van der Waals surface area contributed by atoms with Crippen molar-refractivity contribution >= 4 is 0 Å². The third kappa shape index (κ3) is 3.43. The monoisotopic (exact) mass is 239 g/mol. The Morgan fingerprint density at radius 2 is 1.72 bits per heavy atom. The SMILES string of the molecule is CCCCCc1ccc(-c2ccc(C)cn2)cc1. The zero-order valence-electron chi connectivity index (χ0n) is 11.3. The Bertz CT molecular complexity index is 468. The van der Waals surface area contributed by atoms with Crippen LogP contribution in [0.1, 0.15) is 37.3 Å². The van der Waals surface area contributed by atoms with Crippen molar-refractivity contribution in [2.45, 2.75) is 39.5 Å². The first-order valence-electron chi connectivity index (χ1n) is 6.81. The number of nitrogens with zero attached hydrogens (tertiary/aromatic N) is 1. The van der Waals surface area contributed by atoms with E-state index in [1.807, 2.05) is 6.20 Å². The zero-order valence-corrected chi connectivity index (χ0v) is 11.3. The van der Waals surface area contributed by atoms with Crippen LogP contribution in [0, 0.1) is 6.92 Å². The Labute approximate surface area is 110 Å². The Morgan fingerprint density at radius 3 is 2.33 bits per heavy atom. The van der Waals surface area contributed by atoms with Crippen LogP contribution in [0.4, 0.5) is 0 Å². The van der Waals surface area contributed by atoms with Crippen LogP contribution in [0.15, 0.2) is 42.6 Å². The molecule has 1 aromatic heterocycles. The summed E-state index contributed by atoms with van der Waals surface area (Å²) in [6.45, 7) is 4.31. The fourth-order valence-corrected chi connectivity index (χ4v) is 2.06. The van der Waals surface area contributed by atoms with Gasteiger partial charge < -0.3 is 0 Å². The Balaban J connectivity index is 2.05. The van der Waals surface area contributed by atoms with Crippen LogP contribution in [0.2, 0.25) is 0 Å². The van der Waals surface area contributed by atoms with Crippen molar-refractivity contribution in [1.29, 1.82) is 0 Å². The Kier molecular flexibility index (Phi) is 4.52. The second-order valence-electron chi connectivity index (χ2n) is 4.87. The summed E-state index contributed by atoms with van der Waals surface area (Å²) in [5.41, 5.74) is 4.89. The number of rotatable bonds is 5. The van der Waals surface area contributed by atoms with Gasteiger partial charge >= 0.3 is 0 Å². The van der Waals surface area contributed by atoms with Crippen molar-refractivity contribution in [3.8, 4) is 11.3 Å². The van der Waals surface area contributed by atoms with Gasteiger partial charge in [-0.15, -0.1) is 0 Å². The summed E-state index contributed by atoms with van der Waals surface area (Å²) in [7, 11) is 0. The van der Waals surface area contributed by atoms with E-state index >= 15 is 0 Å². The first kappa shape index (κ1) is 12.8. The van der Waals surface area contributed by atoms with E-state index in [1.54, 1.807) is 0 Å². The molecule has 0 saturated heterocycles. The molecule has 0 spiro atoms. The van der Waals surface area contributed by atoms with E-state index in [2.05, 4.69) is 55.2 Å². The van der Waals surface area contributed by atoms with Crippen molar-refractivity contribution in [3.63, 3.8) is 0 Å². The molecule has 2 rings (SSSR count). The molecule has 2 aromatic rings. The molecule has 1 heterocycles. The summed E-state index contributed by atoms with van der Waals surface area (Å²) in [5, 5.41) is 0. The second kappa shape index (κ2) is 6.34. The first-order chi connectivity index (χ1) is 8.79. The van der Waals surface area contributed by atoms with Crippen molar-refractivity contribution < 1.29 is 0 Å². The minimum atomic E-state index is 1.06. The summed E-state index contributed by atoms with van der Waals surface area (Å²) >= 11 is 0. The lowest BCUT2D eigenvalue weighted by atomic mass is 10.0. The Hall–Kier alpha value is -1.63. The number of hydrogen-bond acceptors (Lipinski definition) is 1. The molecule has 1 heteroatoms. The predicted octanol–water partition coefficient (Wildman–Crippen LogP) is 4.79. The van der Waals surface area contributed by atoms with Crippen LogP contribution >= 0.6 is 0 Å². The van der Waals surface area contributed by atoms with Crippen molar-refractivity contribution in [3.05, 3.63) is 53.7 Å². The van der Waals surface area contributed by atoms with Crippen LogP contribution in [0.25, 0.3) is 11.3 Å². The molecule has 18 heavy (non-hydrogen) atoms. The molecule has 0 radical (unpaired) electrons. The molecular formula is C17H21N. The van der Waals surface area contributed by atoms with E-state index < -0.39 is 0 Å². The highest BCUT2D eigenvalue weighted by Gasteiger charge is 1.99. The molecule has 0 fully saturated rings. The van der Waals surface area contributed by atoms with E-state index in [4.69, 9.17) is 0 Å². The van der Waals surface area contributed by atoms with Crippen LogP contribution in [0.3, 0.4) is 0 Å². The molecule has 1 aromatic carbocycles. The average Bonchev–Trinajstić information content (AvgIpc) is 2.41. The lowest BCUT2D eigenvalue weighted by Crippen LogP contribution is -1.87. The number of aromatic nitrogens is 1. The lowest BCUT2D eigenvalue weighted by Gasteiger charge is -2.04. The highest BCUT2D eigenvalue weighted by Crippen LogP contribution is 2.18. The van der Waals surface area contributed by atoms with E-state index in [0.29, 0.717) is 0 Å². The van der Waals surface area contributed by atoms with Crippen molar-refractivity contribution in [1.82, 2.24) is 4.98 Å². The second-order valence-corrected chi connectivity index (χ2v) is 4.87. The number of aryl methyl sites for hydroxylation is 2. The highest BCUT2D eigenvalue weighted by atomic mass is 14.7. The summed E-state index contributed by atoms with van der Waals surface area (Å²) in [5.74, 6) is 0. The largest absolute Gasteiger partial charge is 0.256 e. The van der Waals surface area contributed by atoms with Gasteiger partial charge in [-0.05, 0) is 37.0 Å². The fourth-order valence-electron chi connectivity index (χ4n) is 2.06. The van der Waals surface area contributed by atoms with E-state index in [-0.39, 0.29) is 0 Å². The van der Waals surface area contributed by atoms with E-state index in [1.165, 1.54) is 42.4 Å². The van der Waals surface area contributed by atoms with Crippen LogP contribution in [-0.2, 0) is 6.42 Å². The molecule has 0 aliphatic heterocycles. The Morgan fingerprint density at radius 1 is 0.944 bits per heavy atom. The molecule has 0 atom stereocenters. The molecule has 0 aliphatic rings. The molecule has 0 amide bonds. The molecule has 0 aliphatic carbocycles. The number of pyridine rings is 1. The number of hydrogen-bond donors (Lipinski definition) is 0. The van der Waals surface area contributed by atoms with Crippen LogP contribution in [-0.4, -0.2) is 4.98 Å². The maximum Gasteiger partial charge on any atom is 0.0702 e. The molecule has 0 N–H and O–H groups in total. The highest BCUT2D eigenvalue weighted by molar-refractivity contribution is 5.59. The van der Waals surface area contributed by atoms with E-state index in [0.717, 1.165) is 5.69 Å². The summed E-state index contributed by atoms with van der Waals surface area (Å²) in [6, 6.07) is 13.0. The third-order valence-electron chi connectivity index (χ3n) is 3.23. The molecule has 0 bridgehead atoms. The fraction of sp³-hybridized carbons (Fsp3) is 0.353. The van der Waals surface area contributed by atoms with Gasteiger partial charge in [0, 0.05) is 11.8 Å². The minimum Gasteiger partial charge on any atom is -0.256 e. The average molecular weight is 239 g/mol. The van der Waals surface area contributed by atoms with Crippen LogP contribution in [0.5, 0.6) is 0 Å². The summed E-state index contributed by atoms with van der Waals surface area (Å²) < 4.78 is 0. The molecule has 1 nitrogen and oxygen atoms in total. The normalized spacial score (nSPS) is 10.6. The third-order valence-corrected chi connectivity index (χ3v) is 3.23. The summed E-state index contributed by atoms with van der Waals surface area (Å²) in [4.78, 5) is 4.45. The van der Waals surface area contributed by atoms with Gasteiger partial charge in [0.15, 0.2) is 0 Å². The van der Waals surface area contributed by atoms with Gasteiger partial charge in [0.2, 0.25) is 0 Å². The first-order valence-corrected chi connectivity index (χ1v) is 6.81. The van der Waals surface area contributed by atoms with Gasteiger partial charge in [0.05, 0.1) is 5.69 Å². The molecular weight excluding hydrogens is 218 g/mol. The van der Waals surface area contributed by atoms with Gasteiger partial charge in [-0.2, -0.15) is 0 Å². The van der Waals surface area contributed by atoms with Gasteiger partial charge in [0.1, 0.15) is 0 Å². The van der Waals surface area contributed by atoms with Crippen molar-refractivity contribution in [2.24, 2.45) is 0 Å². The van der Waals surface area contributed by atoms with Gasteiger partial charge in [-0.1, -0.05) is 50.1 Å². The summed E-state index contributed by atoms with van der Waals surface area (Å²) in [6.07, 6.45) is 7.01. The van der Waals surface area contributed by atoms with Gasteiger partial charge in [0.25, 0.3) is 0 Å². The molecule has 94 valence electrons. The quantitative estimate of drug-likeness (QED) is 0.684. The standard InChI is InChI=1S/C17H21N/c1-3-4-5-6-15-8-10-16(11-9-15)17-12-7-14(2)13-18-17/h7-13H,3-6H2,1-2H3. The van der Waals surface area contributed by atoms with Gasteiger partial charge in [-0.3, -0.25) is 4.98 Å². The number of unbranched alkanes of at least 4 members (excludes halogenated alkanes) is 2. The van der Waals surface area contributed by atoms with Crippen molar-refractivity contribution in [2.75, 3.05) is 0 Å². The maximum atomic E-state index is 4.45.